The highest BCUT2D eigenvalue weighted by atomic mass is 35.5. The van der Waals surface area contributed by atoms with Crippen LogP contribution in [0.25, 0.3) is 0 Å². The molecule has 0 unspecified atom stereocenters. The van der Waals surface area contributed by atoms with Crippen molar-refractivity contribution in [2.75, 3.05) is 15.9 Å². The van der Waals surface area contributed by atoms with Crippen molar-refractivity contribution in [2.24, 2.45) is 0 Å². The predicted octanol–water partition coefficient (Wildman–Crippen LogP) is 4.49. The van der Waals surface area contributed by atoms with Crippen LogP contribution in [0.3, 0.4) is 0 Å². The third-order valence-electron chi connectivity index (χ3n) is 3.83. The van der Waals surface area contributed by atoms with E-state index >= 15 is 0 Å². The molecule has 0 saturated carbocycles. The first kappa shape index (κ1) is 20.6. The zero-order valence-corrected chi connectivity index (χ0v) is 17.0. The zero-order valence-electron chi connectivity index (χ0n) is 14.7. The minimum atomic E-state index is -3.69. The summed E-state index contributed by atoms with van der Waals surface area (Å²) >= 11 is 12.2. The Morgan fingerprint density at radius 2 is 1.65 bits per heavy atom. The summed E-state index contributed by atoms with van der Waals surface area (Å²) in [5.74, 6) is -0.506. The van der Waals surface area contributed by atoms with Crippen LogP contribution >= 0.6 is 23.2 Å². The molecule has 0 bridgehead atoms. The Bertz CT molecular complexity index is 879. The topological polar surface area (TPSA) is 66.5 Å². The number of nitrogens with zero attached hydrogens (tertiary/aromatic N) is 1. The van der Waals surface area contributed by atoms with E-state index in [9.17, 15) is 13.2 Å². The SMILES string of the molecule is CC[C@H](C(=O)Nc1c(Cl)cccc1Cl)N(c1ccc(C)cc1)S(C)(=O)=O. The zero-order chi connectivity index (χ0) is 19.5. The van der Waals surface area contributed by atoms with E-state index in [0.29, 0.717) is 5.69 Å². The van der Waals surface area contributed by atoms with Crippen LogP contribution in [-0.2, 0) is 14.8 Å². The minimum Gasteiger partial charge on any atom is -0.322 e. The summed E-state index contributed by atoms with van der Waals surface area (Å²) in [4.78, 5) is 12.8. The summed E-state index contributed by atoms with van der Waals surface area (Å²) in [5, 5.41) is 3.21. The molecule has 0 aliphatic heterocycles. The monoisotopic (exact) mass is 414 g/mol. The quantitative estimate of drug-likeness (QED) is 0.756. The standard InChI is InChI=1S/C18H20Cl2N2O3S/c1-4-16(18(23)21-17-14(19)6-5-7-15(17)20)22(26(3,24)25)13-10-8-12(2)9-11-13/h5-11,16H,4H2,1-3H3,(H,21,23)/t16-/m1/s1. The van der Waals surface area contributed by atoms with Crippen LogP contribution in [-0.4, -0.2) is 26.6 Å². The Morgan fingerprint density at radius 3 is 2.12 bits per heavy atom. The summed E-state index contributed by atoms with van der Waals surface area (Å²) in [6.07, 6.45) is 1.35. The number of carbonyl (C=O) groups excluding carboxylic acids is 1. The Balaban J connectivity index is 2.41. The number of anilines is 2. The molecule has 0 aliphatic rings. The molecule has 0 fully saturated rings. The second kappa shape index (κ2) is 8.29. The Hall–Kier alpha value is -1.76. The molecule has 0 saturated heterocycles. The molecular weight excluding hydrogens is 395 g/mol. The lowest BCUT2D eigenvalue weighted by molar-refractivity contribution is -0.117. The molecule has 0 radical (unpaired) electrons. The second-order valence-corrected chi connectivity index (χ2v) is 8.58. The number of benzene rings is 2. The number of carbonyl (C=O) groups is 1. The van der Waals surface area contributed by atoms with Crippen molar-refractivity contribution < 1.29 is 13.2 Å². The van der Waals surface area contributed by atoms with E-state index in [1.165, 1.54) is 0 Å². The highest BCUT2D eigenvalue weighted by Crippen LogP contribution is 2.31. The third kappa shape index (κ3) is 4.69. The number of nitrogens with one attached hydrogen (secondary N) is 1. The second-order valence-electron chi connectivity index (χ2n) is 5.90. The van der Waals surface area contributed by atoms with Crippen molar-refractivity contribution in [3.8, 4) is 0 Å². The fraction of sp³-hybridized carbons (Fsp3) is 0.278. The fourth-order valence-electron chi connectivity index (χ4n) is 2.58. The van der Waals surface area contributed by atoms with Gasteiger partial charge in [0.05, 0.1) is 27.7 Å². The molecule has 8 heteroatoms. The van der Waals surface area contributed by atoms with Crippen molar-refractivity contribution in [1.29, 1.82) is 0 Å². The highest BCUT2D eigenvalue weighted by Gasteiger charge is 2.32. The molecule has 0 spiro atoms. The van der Waals surface area contributed by atoms with Gasteiger partial charge in [0.2, 0.25) is 15.9 Å². The summed E-state index contributed by atoms with van der Waals surface area (Å²) in [6.45, 7) is 3.64. The van der Waals surface area contributed by atoms with E-state index in [1.807, 2.05) is 6.92 Å². The first-order valence-corrected chi connectivity index (χ1v) is 10.6. The maximum Gasteiger partial charge on any atom is 0.248 e. The van der Waals surface area contributed by atoms with Gasteiger partial charge in [-0.3, -0.25) is 9.10 Å². The number of aryl methyl sites for hydroxylation is 1. The smallest absolute Gasteiger partial charge is 0.248 e. The Labute approximate surface area is 164 Å². The van der Waals surface area contributed by atoms with Crippen molar-refractivity contribution in [2.45, 2.75) is 26.3 Å². The molecule has 5 nitrogen and oxygen atoms in total. The maximum atomic E-state index is 12.8. The number of hydrogen-bond acceptors (Lipinski definition) is 3. The van der Waals surface area contributed by atoms with E-state index in [4.69, 9.17) is 23.2 Å². The van der Waals surface area contributed by atoms with Gasteiger partial charge in [0, 0.05) is 0 Å². The van der Waals surface area contributed by atoms with E-state index in [-0.39, 0.29) is 22.2 Å². The van der Waals surface area contributed by atoms with Crippen LogP contribution in [0.15, 0.2) is 42.5 Å². The third-order valence-corrected chi connectivity index (χ3v) is 5.64. The number of para-hydroxylation sites is 1. The van der Waals surface area contributed by atoms with Gasteiger partial charge in [0.1, 0.15) is 6.04 Å². The molecule has 2 aromatic carbocycles. The number of amides is 1. The van der Waals surface area contributed by atoms with Crippen molar-refractivity contribution in [3.63, 3.8) is 0 Å². The van der Waals surface area contributed by atoms with E-state index in [2.05, 4.69) is 5.32 Å². The number of halogens is 2. The lowest BCUT2D eigenvalue weighted by Gasteiger charge is -2.30. The Kier molecular flexibility index (Phi) is 6.55. The van der Waals surface area contributed by atoms with Crippen LogP contribution in [0, 0.1) is 6.92 Å². The average Bonchev–Trinajstić information content (AvgIpc) is 2.56. The molecule has 1 N–H and O–H groups in total. The number of hydrogen-bond donors (Lipinski definition) is 1. The largest absolute Gasteiger partial charge is 0.322 e. The average molecular weight is 415 g/mol. The predicted molar refractivity (Wildman–Crippen MR) is 108 cm³/mol. The van der Waals surface area contributed by atoms with Gasteiger partial charge >= 0.3 is 0 Å². The summed E-state index contributed by atoms with van der Waals surface area (Å²) in [7, 11) is -3.69. The van der Waals surface area contributed by atoms with Crippen LogP contribution in [0.2, 0.25) is 10.0 Å². The van der Waals surface area contributed by atoms with Crippen molar-refractivity contribution in [3.05, 3.63) is 58.1 Å². The molecule has 0 aromatic heterocycles. The summed E-state index contributed by atoms with van der Waals surface area (Å²) in [5.41, 5.74) is 1.67. The maximum absolute atomic E-state index is 12.8. The van der Waals surface area contributed by atoms with Crippen molar-refractivity contribution in [1.82, 2.24) is 0 Å². The fourth-order valence-corrected chi connectivity index (χ4v) is 4.28. The van der Waals surface area contributed by atoms with Crippen LogP contribution in [0.4, 0.5) is 11.4 Å². The van der Waals surface area contributed by atoms with Gasteiger partial charge < -0.3 is 5.32 Å². The van der Waals surface area contributed by atoms with Crippen LogP contribution in [0.5, 0.6) is 0 Å². The molecule has 26 heavy (non-hydrogen) atoms. The molecule has 2 rings (SSSR count). The van der Waals surface area contributed by atoms with Gasteiger partial charge in [-0.2, -0.15) is 0 Å². The van der Waals surface area contributed by atoms with Crippen LogP contribution < -0.4 is 9.62 Å². The first-order chi connectivity index (χ1) is 12.1. The van der Waals surface area contributed by atoms with Gasteiger partial charge in [0.15, 0.2) is 0 Å². The highest BCUT2D eigenvalue weighted by molar-refractivity contribution is 7.92. The van der Waals surface area contributed by atoms with Gasteiger partial charge in [-0.25, -0.2) is 8.42 Å². The molecule has 2 aromatic rings. The molecule has 0 aliphatic carbocycles. The van der Waals surface area contributed by atoms with Crippen LogP contribution in [0.1, 0.15) is 18.9 Å². The van der Waals surface area contributed by atoms with Crippen molar-refractivity contribution >= 4 is 50.5 Å². The van der Waals surface area contributed by atoms with Gasteiger partial charge in [0.25, 0.3) is 0 Å². The van der Waals surface area contributed by atoms with E-state index < -0.39 is 22.0 Å². The normalized spacial score (nSPS) is 12.5. The first-order valence-electron chi connectivity index (χ1n) is 7.96. The lowest BCUT2D eigenvalue weighted by Crippen LogP contribution is -2.47. The summed E-state index contributed by atoms with van der Waals surface area (Å²) < 4.78 is 25.9. The number of sulfonamides is 1. The number of rotatable bonds is 6. The molecule has 1 atom stereocenters. The Morgan fingerprint density at radius 1 is 1.12 bits per heavy atom. The van der Waals surface area contributed by atoms with E-state index in [0.717, 1.165) is 16.1 Å². The molecule has 0 heterocycles. The molecule has 1 amide bonds. The summed E-state index contributed by atoms with van der Waals surface area (Å²) in [6, 6.07) is 10.8. The lowest BCUT2D eigenvalue weighted by atomic mass is 10.1. The van der Waals surface area contributed by atoms with Gasteiger partial charge in [-0.05, 0) is 37.6 Å². The minimum absolute atomic E-state index is 0.261. The van der Waals surface area contributed by atoms with E-state index in [1.54, 1.807) is 49.4 Å². The van der Waals surface area contributed by atoms with Gasteiger partial charge in [-0.1, -0.05) is 53.9 Å². The van der Waals surface area contributed by atoms with Gasteiger partial charge in [-0.15, -0.1) is 0 Å². The molecule has 140 valence electrons. The molecular formula is C18H20Cl2N2O3S.